The summed E-state index contributed by atoms with van der Waals surface area (Å²) in [5.41, 5.74) is 6.51. The number of hydrogen-bond donors (Lipinski definition) is 1. The Labute approximate surface area is 216 Å². The molecule has 0 radical (unpaired) electrons. The molecular formula is C31H31NO5. The zero-order valence-corrected chi connectivity index (χ0v) is 21.1. The largest absolute Gasteiger partial charge is 0.466 e. The lowest BCUT2D eigenvalue weighted by Gasteiger charge is -2.12. The van der Waals surface area contributed by atoms with Crippen LogP contribution in [-0.4, -0.2) is 29.4 Å². The summed E-state index contributed by atoms with van der Waals surface area (Å²) in [4.78, 5) is 11.9. The van der Waals surface area contributed by atoms with Crippen LogP contribution in [-0.2, 0) is 20.9 Å². The molecule has 6 nitrogen and oxygen atoms in total. The highest BCUT2D eigenvalue weighted by molar-refractivity contribution is 5.77. The monoisotopic (exact) mass is 497 g/mol. The predicted molar refractivity (Wildman–Crippen MR) is 141 cm³/mol. The van der Waals surface area contributed by atoms with Crippen LogP contribution in [0.15, 0.2) is 83.4 Å². The number of benzene rings is 3. The van der Waals surface area contributed by atoms with Gasteiger partial charge in [0.25, 0.3) is 0 Å². The number of hydrogen-bond acceptors (Lipinski definition) is 6. The van der Waals surface area contributed by atoms with Crippen LogP contribution in [0.25, 0.3) is 22.5 Å². The first-order chi connectivity index (χ1) is 18.0. The van der Waals surface area contributed by atoms with Crippen LogP contribution in [0.1, 0.15) is 47.8 Å². The summed E-state index contributed by atoms with van der Waals surface area (Å²) < 4.78 is 16.5. The maximum absolute atomic E-state index is 11.9. The molecule has 0 aliphatic heterocycles. The van der Waals surface area contributed by atoms with Crippen molar-refractivity contribution in [1.29, 1.82) is 0 Å². The SMILES string of the molecule is CCOC(=O)[C@@H]1C[C@@H]1c1ccc(-c2ccc(-c3onc(C)c3[C@H](O)COCc3ccccc3)cc2)cc1. The van der Waals surface area contributed by atoms with E-state index < -0.39 is 6.10 Å². The summed E-state index contributed by atoms with van der Waals surface area (Å²) in [6.07, 6.45) is 0.00707. The zero-order chi connectivity index (χ0) is 25.8. The summed E-state index contributed by atoms with van der Waals surface area (Å²) >= 11 is 0. The van der Waals surface area contributed by atoms with Crippen LogP contribution in [0, 0.1) is 12.8 Å². The number of nitrogens with zero attached hydrogens (tertiary/aromatic N) is 1. The number of carbonyl (C=O) groups is 1. The number of aryl methyl sites for hydroxylation is 1. The van der Waals surface area contributed by atoms with E-state index in [-0.39, 0.29) is 24.4 Å². The fraction of sp³-hybridized carbons (Fsp3) is 0.290. The van der Waals surface area contributed by atoms with Crippen molar-refractivity contribution in [1.82, 2.24) is 5.16 Å². The minimum atomic E-state index is -0.849. The van der Waals surface area contributed by atoms with E-state index in [1.807, 2.05) is 68.4 Å². The van der Waals surface area contributed by atoms with Gasteiger partial charge < -0.3 is 19.1 Å². The van der Waals surface area contributed by atoms with Crippen LogP contribution in [0.5, 0.6) is 0 Å². The first-order valence-corrected chi connectivity index (χ1v) is 12.7. The van der Waals surface area contributed by atoms with E-state index in [0.717, 1.165) is 28.7 Å². The first kappa shape index (κ1) is 24.9. The van der Waals surface area contributed by atoms with Crippen molar-refractivity contribution < 1.29 is 23.9 Å². The summed E-state index contributed by atoms with van der Waals surface area (Å²) in [5.74, 6) is 0.700. The number of carbonyl (C=O) groups excluding carboxylic acids is 1. The number of ether oxygens (including phenoxy) is 2. The molecule has 0 amide bonds. The van der Waals surface area contributed by atoms with E-state index >= 15 is 0 Å². The van der Waals surface area contributed by atoms with E-state index in [9.17, 15) is 9.90 Å². The Hall–Kier alpha value is -3.74. The van der Waals surface area contributed by atoms with Crippen LogP contribution < -0.4 is 0 Å². The van der Waals surface area contributed by atoms with Crippen molar-refractivity contribution in [3.05, 3.63) is 101 Å². The molecule has 1 aliphatic carbocycles. The maximum atomic E-state index is 11.9. The highest BCUT2D eigenvalue weighted by Crippen LogP contribution is 2.48. The molecule has 1 heterocycles. The van der Waals surface area contributed by atoms with Gasteiger partial charge in [0.2, 0.25) is 0 Å². The van der Waals surface area contributed by atoms with Gasteiger partial charge in [-0.15, -0.1) is 0 Å². The van der Waals surface area contributed by atoms with Gasteiger partial charge in [0.05, 0.1) is 37.0 Å². The number of aromatic nitrogens is 1. The second-order valence-electron chi connectivity index (χ2n) is 9.43. The number of esters is 1. The van der Waals surface area contributed by atoms with Crippen LogP contribution >= 0.6 is 0 Å². The lowest BCUT2D eigenvalue weighted by Crippen LogP contribution is -2.09. The maximum Gasteiger partial charge on any atom is 0.309 e. The van der Waals surface area contributed by atoms with E-state index in [1.54, 1.807) is 0 Å². The molecule has 0 spiro atoms. The molecule has 3 aromatic carbocycles. The predicted octanol–water partition coefficient (Wildman–Crippen LogP) is 6.23. The third-order valence-corrected chi connectivity index (χ3v) is 6.83. The minimum Gasteiger partial charge on any atom is -0.466 e. The minimum absolute atomic E-state index is 0.0104. The van der Waals surface area contributed by atoms with Crippen molar-refractivity contribution in [2.24, 2.45) is 5.92 Å². The molecular weight excluding hydrogens is 466 g/mol. The van der Waals surface area contributed by atoms with Crippen molar-refractivity contribution in [3.8, 4) is 22.5 Å². The zero-order valence-electron chi connectivity index (χ0n) is 21.1. The number of rotatable bonds is 10. The van der Waals surface area contributed by atoms with Crippen molar-refractivity contribution in [2.45, 2.75) is 38.9 Å². The average Bonchev–Trinajstić information content (AvgIpc) is 3.64. The Morgan fingerprint density at radius 1 is 1.00 bits per heavy atom. The van der Waals surface area contributed by atoms with Crippen molar-refractivity contribution in [3.63, 3.8) is 0 Å². The second kappa shape index (κ2) is 11.1. The van der Waals surface area contributed by atoms with Crippen LogP contribution in [0.2, 0.25) is 0 Å². The van der Waals surface area contributed by atoms with Gasteiger partial charge in [-0.3, -0.25) is 4.79 Å². The second-order valence-corrected chi connectivity index (χ2v) is 9.43. The van der Waals surface area contributed by atoms with Crippen LogP contribution in [0.3, 0.4) is 0 Å². The molecule has 0 saturated heterocycles. The van der Waals surface area contributed by atoms with Crippen LogP contribution in [0.4, 0.5) is 0 Å². The van der Waals surface area contributed by atoms with Gasteiger partial charge in [-0.1, -0.05) is 84.0 Å². The molecule has 37 heavy (non-hydrogen) atoms. The molecule has 3 atom stereocenters. The fourth-order valence-electron chi connectivity index (χ4n) is 4.73. The highest BCUT2D eigenvalue weighted by Gasteiger charge is 2.45. The van der Waals surface area contributed by atoms with Gasteiger partial charge >= 0.3 is 5.97 Å². The van der Waals surface area contributed by atoms with E-state index in [1.165, 1.54) is 5.56 Å². The Bertz CT molecular complexity index is 1330. The summed E-state index contributed by atoms with van der Waals surface area (Å²) in [5, 5.41) is 14.9. The summed E-state index contributed by atoms with van der Waals surface area (Å²) in [6.45, 7) is 4.66. The van der Waals surface area contributed by atoms with Gasteiger partial charge in [-0.25, -0.2) is 0 Å². The topological polar surface area (TPSA) is 81.8 Å². The lowest BCUT2D eigenvalue weighted by molar-refractivity contribution is -0.144. The highest BCUT2D eigenvalue weighted by atomic mass is 16.5. The molecule has 1 saturated carbocycles. The Morgan fingerprint density at radius 2 is 1.65 bits per heavy atom. The lowest BCUT2D eigenvalue weighted by atomic mass is 9.98. The van der Waals surface area contributed by atoms with E-state index in [2.05, 4.69) is 29.4 Å². The Kier molecular flexibility index (Phi) is 7.49. The van der Waals surface area contributed by atoms with Gasteiger partial charge in [-0.2, -0.15) is 0 Å². The van der Waals surface area contributed by atoms with Gasteiger partial charge in [0.15, 0.2) is 5.76 Å². The summed E-state index contributed by atoms with van der Waals surface area (Å²) in [6, 6.07) is 26.2. The van der Waals surface area contributed by atoms with Crippen molar-refractivity contribution >= 4 is 5.97 Å². The smallest absolute Gasteiger partial charge is 0.309 e. The molecule has 0 unspecified atom stereocenters. The third-order valence-electron chi connectivity index (χ3n) is 6.83. The van der Waals surface area contributed by atoms with E-state index in [4.69, 9.17) is 14.0 Å². The molecule has 1 aliphatic rings. The molecule has 190 valence electrons. The number of aliphatic hydroxyl groups excluding tert-OH is 1. The molecule has 4 aromatic rings. The normalized spacial score (nSPS) is 17.4. The number of aliphatic hydroxyl groups is 1. The third kappa shape index (κ3) is 5.66. The van der Waals surface area contributed by atoms with Crippen molar-refractivity contribution in [2.75, 3.05) is 13.2 Å². The molecule has 6 heteroatoms. The molecule has 1 fully saturated rings. The first-order valence-electron chi connectivity index (χ1n) is 12.7. The standard InChI is InChI=1S/C31H31NO5/c1-3-36-31(34)27-17-26(27)24-13-9-22(10-14-24)23-11-15-25(16-12-23)30-29(20(2)32-37-30)28(33)19-35-18-21-7-5-4-6-8-21/h4-16,26-28,33H,3,17-19H2,1-2H3/t26-,27-,28-/m1/s1. The Morgan fingerprint density at radius 3 is 2.32 bits per heavy atom. The summed E-state index contributed by atoms with van der Waals surface area (Å²) in [7, 11) is 0. The quantitative estimate of drug-likeness (QED) is 0.262. The molecule has 0 bridgehead atoms. The molecule has 1 N–H and O–H groups in total. The molecule has 1 aromatic heterocycles. The van der Waals surface area contributed by atoms with Gasteiger partial charge in [0, 0.05) is 5.56 Å². The Balaban J connectivity index is 1.24. The average molecular weight is 498 g/mol. The fourth-order valence-corrected chi connectivity index (χ4v) is 4.73. The molecule has 5 rings (SSSR count). The van der Waals surface area contributed by atoms with Gasteiger partial charge in [0.1, 0.15) is 6.10 Å². The van der Waals surface area contributed by atoms with Gasteiger partial charge in [-0.05, 0) is 48.4 Å². The van der Waals surface area contributed by atoms with E-state index in [0.29, 0.717) is 30.2 Å².